The lowest BCUT2D eigenvalue weighted by atomic mass is 10.1. The molecular weight excluding hydrogens is 336 g/mol. The predicted molar refractivity (Wildman–Crippen MR) is 102 cm³/mol. The maximum Gasteiger partial charge on any atom is 0.273 e. The van der Waals surface area contributed by atoms with E-state index in [1.54, 1.807) is 29.0 Å². The Balaban J connectivity index is 2.11. The summed E-state index contributed by atoms with van der Waals surface area (Å²) in [6.07, 6.45) is 5.90. The van der Waals surface area contributed by atoms with E-state index in [9.17, 15) is 9.00 Å². The Morgan fingerprint density at radius 3 is 2.60 bits per heavy atom. The second kappa shape index (κ2) is 7.04. The quantitative estimate of drug-likeness (QED) is 0.795. The highest BCUT2D eigenvalue weighted by atomic mass is 32.2. The zero-order valence-corrected chi connectivity index (χ0v) is 15.9. The van der Waals surface area contributed by atoms with Crippen LogP contribution in [-0.2, 0) is 17.8 Å². The molecular formula is C19H24N2O3S. The molecule has 0 amide bonds. The molecule has 0 N–H and O–H groups in total. The highest BCUT2D eigenvalue weighted by molar-refractivity contribution is 7.84. The Hall–Kier alpha value is -2.08. The van der Waals surface area contributed by atoms with Gasteiger partial charge in [0.15, 0.2) is 0 Å². The van der Waals surface area contributed by atoms with E-state index in [0.29, 0.717) is 18.2 Å². The summed E-state index contributed by atoms with van der Waals surface area (Å²) in [7, 11) is 4.36. The van der Waals surface area contributed by atoms with Crippen LogP contribution in [-0.4, -0.2) is 35.7 Å². The monoisotopic (exact) mass is 360 g/mol. The van der Waals surface area contributed by atoms with Crippen molar-refractivity contribution < 1.29 is 8.95 Å². The first-order valence-corrected chi connectivity index (χ1v) is 9.91. The maximum atomic E-state index is 12.3. The smallest absolute Gasteiger partial charge is 0.273 e. The van der Waals surface area contributed by atoms with Crippen molar-refractivity contribution in [2.75, 3.05) is 31.9 Å². The van der Waals surface area contributed by atoms with Crippen LogP contribution in [0.5, 0.6) is 5.75 Å². The van der Waals surface area contributed by atoms with Crippen LogP contribution in [0.2, 0.25) is 0 Å². The number of rotatable bonds is 6. The van der Waals surface area contributed by atoms with Crippen molar-refractivity contribution in [1.82, 2.24) is 4.57 Å². The highest BCUT2D eigenvalue weighted by Gasteiger charge is 2.23. The Morgan fingerprint density at radius 2 is 2.00 bits per heavy atom. The van der Waals surface area contributed by atoms with E-state index in [-0.39, 0.29) is 5.56 Å². The second-order valence-corrected chi connectivity index (χ2v) is 8.17. The van der Waals surface area contributed by atoms with E-state index in [4.69, 9.17) is 4.74 Å². The molecule has 0 spiro atoms. The third-order valence-corrected chi connectivity index (χ3v) is 5.33. The van der Waals surface area contributed by atoms with Crippen molar-refractivity contribution in [3.63, 3.8) is 0 Å². The molecule has 1 unspecified atom stereocenters. The molecule has 1 heterocycles. The average molecular weight is 360 g/mol. The van der Waals surface area contributed by atoms with Crippen LogP contribution >= 0.6 is 0 Å². The van der Waals surface area contributed by atoms with E-state index >= 15 is 0 Å². The average Bonchev–Trinajstić information content (AvgIpc) is 3.39. The number of aryl methyl sites for hydroxylation is 1. The van der Waals surface area contributed by atoms with Crippen LogP contribution in [0.15, 0.2) is 40.2 Å². The van der Waals surface area contributed by atoms with Gasteiger partial charge in [-0.05, 0) is 43.0 Å². The molecule has 5 nitrogen and oxygen atoms in total. The number of ether oxygens (including phenoxy) is 1. The van der Waals surface area contributed by atoms with Crippen LogP contribution in [0.4, 0.5) is 5.69 Å². The molecule has 2 aromatic rings. The van der Waals surface area contributed by atoms with Gasteiger partial charge >= 0.3 is 0 Å². The second-order valence-electron chi connectivity index (χ2n) is 6.79. The number of hydrogen-bond acceptors (Lipinski definition) is 4. The van der Waals surface area contributed by atoms with Crippen LogP contribution in [0, 0.1) is 5.92 Å². The minimum absolute atomic E-state index is 0.0515. The zero-order chi connectivity index (χ0) is 18.1. The summed E-state index contributed by atoms with van der Waals surface area (Å²) in [5, 5.41) is 0. The fourth-order valence-corrected chi connectivity index (χ4v) is 3.24. The van der Waals surface area contributed by atoms with Gasteiger partial charge in [0.05, 0.1) is 6.61 Å². The largest absolute Gasteiger partial charge is 0.493 e. The molecule has 1 atom stereocenters. The Kier molecular flexibility index (Phi) is 4.99. The fraction of sp³-hybridized carbons (Fsp3) is 0.421. The summed E-state index contributed by atoms with van der Waals surface area (Å²) in [5.41, 5.74) is 2.30. The molecule has 0 aliphatic heterocycles. The van der Waals surface area contributed by atoms with Crippen molar-refractivity contribution in [2.24, 2.45) is 13.0 Å². The fourth-order valence-electron chi connectivity index (χ4n) is 2.69. The third kappa shape index (κ3) is 3.95. The molecule has 1 aromatic heterocycles. The van der Waals surface area contributed by atoms with Crippen LogP contribution in [0.25, 0.3) is 11.1 Å². The molecule has 0 radical (unpaired) electrons. The lowest BCUT2D eigenvalue weighted by Gasteiger charge is -2.17. The first kappa shape index (κ1) is 17.7. The van der Waals surface area contributed by atoms with E-state index in [1.165, 1.54) is 12.8 Å². The molecule has 25 heavy (non-hydrogen) atoms. The SMILES string of the molecule is CN(C)c1cc(-c2cc(S(C)=O)ccc2OCC2CC2)cn(C)c1=O. The van der Waals surface area contributed by atoms with Gasteiger partial charge in [0, 0.05) is 60.4 Å². The highest BCUT2D eigenvalue weighted by Crippen LogP contribution is 2.35. The minimum Gasteiger partial charge on any atom is -0.493 e. The van der Waals surface area contributed by atoms with Gasteiger partial charge in [-0.1, -0.05) is 0 Å². The van der Waals surface area contributed by atoms with Crippen molar-refractivity contribution >= 4 is 16.5 Å². The molecule has 3 rings (SSSR count). The van der Waals surface area contributed by atoms with Gasteiger partial charge < -0.3 is 14.2 Å². The topological polar surface area (TPSA) is 51.5 Å². The summed E-state index contributed by atoms with van der Waals surface area (Å²) < 4.78 is 19.5. The number of hydrogen-bond donors (Lipinski definition) is 0. The number of nitrogens with zero attached hydrogens (tertiary/aromatic N) is 2. The molecule has 0 saturated heterocycles. The maximum absolute atomic E-state index is 12.3. The zero-order valence-electron chi connectivity index (χ0n) is 15.1. The number of pyridine rings is 1. The Morgan fingerprint density at radius 1 is 1.28 bits per heavy atom. The van der Waals surface area contributed by atoms with E-state index in [2.05, 4.69) is 0 Å². The number of anilines is 1. The van der Waals surface area contributed by atoms with Gasteiger partial charge in [0.25, 0.3) is 5.56 Å². The van der Waals surface area contributed by atoms with Gasteiger partial charge in [-0.25, -0.2) is 0 Å². The van der Waals surface area contributed by atoms with Crippen molar-refractivity contribution in [2.45, 2.75) is 17.7 Å². The molecule has 6 heteroatoms. The van der Waals surface area contributed by atoms with Crippen molar-refractivity contribution in [3.05, 3.63) is 40.8 Å². The number of benzene rings is 1. The Labute approximate surface area is 150 Å². The molecule has 1 fully saturated rings. The lowest BCUT2D eigenvalue weighted by molar-refractivity contribution is 0.301. The van der Waals surface area contributed by atoms with Crippen LogP contribution < -0.4 is 15.2 Å². The first-order chi connectivity index (χ1) is 11.9. The summed E-state index contributed by atoms with van der Waals surface area (Å²) >= 11 is 0. The van der Waals surface area contributed by atoms with Crippen molar-refractivity contribution in [1.29, 1.82) is 0 Å². The molecule has 0 bridgehead atoms. The molecule has 134 valence electrons. The van der Waals surface area contributed by atoms with Crippen LogP contribution in [0.3, 0.4) is 0 Å². The molecule has 1 saturated carbocycles. The standard InChI is InChI=1S/C19H24N2O3S/c1-20(2)17-9-14(11-21(3)19(17)22)16-10-15(25(4)23)7-8-18(16)24-12-13-5-6-13/h7-11,13H,5-6,12H2,1-4H3. The summed E-state index contributed by atoms with van der Waals surface area (Å²) in [6.45, 7) is 0.702. The minimum atomic E-state index is -1.08. The summed E-state index contributed by atoms with van der Waals surface area (Å²) in [6, 6.07) is 7.49. The first-order valence-electron chi connectivity index (χ1n) is 8.35. The molecule has 1 aliphatic rings. The van der Waals surface area contributed by atoms with Crippen LogP contribution in [0.1, 0.15) is 12.8 Å². The van der Waals surface area contributed by atoms with Gasteiger partial charge in [-0.3, -0.25) is 9.00 Å². The van der Waals surface area contributed by atoms with E-state index < -0.39 is 10.8 Å². The summed E-state index contributed by atoms with van der Waals surface area (Å²) in [4.78, 5) is 14.9. The number of aromatic nitrogens is 1. The molecule has 1 aliphatic carbocycles. The van der Waals surface area contributed by atoms with Crippen molar-refractivity contribution in [3.8, 4) is 16.9 Å². The normalized spacial score (nSPS) is 15.0. The third-order valence-electron chi connectivity index (χ3n) is 4.41. The van der Waals surface area contributed by atoms with Gasteiger partial charge in [-0.2, -0.15) is 0 Å². The summed E-state index contributed by atoms with van der Waals surface area (Å²) in [5.74, 6) is 1.41. The van der Waals surface area contributed by atoms with E-state index in [0.717, 1.165) is 21.8 Å². The molecule has 1 aromatic carbocycles. The van der Waals surface area contributed by atoms with Gasteiger partial charge in [-0.15, -0.1) is 0 Å². The van der Waals surface area contributed by atoms with Gasteiger partial charge in [0.2, 0.25) is 0 Å². The predicted octanol–water partition coefficient (Wildman–Crippen LogP) is 2.64. The Bertz CT molecular complexity index is 869. The van der Waals surface area contributed by atoms with Gasteiger partial charge in [0.1, 0.15) is 11.4 Å². The lowest BCUT2D eigenvalue weighted by Crippen LogP contribution is -2.25. The van der Waals surface area contributed by atoms with E-state index in [1.807, 2.05) is 38.4 Å².